The van der Waals surface area contributed by atoms with Crippen molar-refractivity contribution >= 4 is 12.0 Å². The van der Waals surface area contributed by atoms with Crippen LogP contribution in [0.4, 0.5) is 4.79 Å². The number of amides is 2. The van der Waals surface area contributed by atoms with Crippen molar-refractivity contribution in [2.24, 2.45) is 5.92 Å². The van der Waals surface area contributed by atoms with Crippen LogP contribution in [0.25, 0.3) is 0 Å². The lowest BCUT2D eigenvalue weighted by molar-refractivity contribution is -0.143. The minimum atomic E-state index is -0.776. The first-order valence-corrected chi connectivity index (χ1v) is 6.69. The van der Waals surface area contributed by atoms with Crippen molar-refractivity contribution in [1.29, 1.82) is 0 Å². The molecule has 8 nitrogen and oxygen atoms in total. The van der Waals surface area contributed by atoms with Gasteiger partial charge in [0.15, 0.2) is 0 Å². The van der Waals surface area contributed by atoms with Gasteiger partial charge in [0.25, 0.3) is 0 Å². The van der Waals surface area contributed by atoms with Crippen LogP contribution in [0.5, 0.6) is 0 Å². The normalized spacial score (nSPS) is 22.6. The van der Waals surface area contributed by atoms with Gasteiger partial charge in [-0.3, -0.25) is 9.89 Å². The Labute approximate surface area is 116 Å². The Morgan fingerprint density at radius 1 is 1.60 bits per heavy atom. The van der Waals surface area contributed by atoms with Gasteiger partial charge in [0.1, 0.15) is 12.2 Å². The number of carbonyl (C=O) groups excluding carboxylic acids is 1. The number of rotatable bonds is 4. The van der Waals surface area contributed by atoms with Crippen molar-refractivity contribution in [2.45, 2.75) is 32.2 Å². The van der Waals surface area contributed by atoms with Crippen LogP contribution in [-0.2, 0) is 11.2 Å². The predicted molar refractivity (Wildman–Crippen MR) is 70.0 cm³/mol. The largest absolute Gasteiger partial charge is 0.481 e. The van der Waals surface area contributed by atoms with Gasteiger partial charge in [-0.25, -0.2) is 9.78 Å². The fourth-order valence-electron chi connectivity index (χ4n) is 2.44. The van der Waals surface area contributed by atoms with Gasteiger partial charge in [-0.05, 0) is 19.8 Å². The van der Waals surface area contributed by atoms with E-state index in [-0.39, 0.29) is 18.0 Å². The number of hydrogen-bond donors (Lipinski definition) is 3. The molecule has 0 saturated carbocycles. The zero-order valence-corrected chi connectivity index (χ0v) is 11.4. The summed E-state index contributed by atoms with van der Waals surface area (Å²) < 4.78 is 0. The van der Waals surface area contributed by atoms with Crippen LogP contribution in [0.3, 0.4) is 0 Å². The Hall–Kier alpha value is -2.12. The molecule has 1 aromatic heterocycles. The average molecular weight is 281 g/mol. The number of nitrogens with zero attached hydrogens (tertiary/aromatic N) is 3. The highest BCUT2D eigenvalue weighted by Crippen LogP contribution is 2.22. The first-order valence-electron chi connectivity index (χ1n) is 6.69. The molecular formula is C12H19N5O3. The summed E-state index contributed by atoms with van der Waals surface area (Å²) in [5.41, 5.74) is 0. The Morgan fingerprint density at radius 2 is 2.40 bits per heavy atom. The topological polar surface area (TPSA) is 111 Å². The number of likely N-dealkylation sites (tertiary alicyclic amines) is 1. The lowest BCUT2D eigenvalue weighted by Crippen LogP contribution is -2.50. The minimum absolute atomic E-state index is 0.0601. The summed E-state index contributed by atoms with van der Waals surface area (Å²) in [6.45, 7) is 2.83. The molecule has 1 saturated heterocycles. The van der Waals surface area contributed by atoms with Crippen molar-refractivity contribution in [2.75, 3.05) is 13.1 Å². The first kappa shape index (κ1) is 14.3. The summed E-state index contributed by atoms with van der Waals surface area (Å²) in [6, 6.07) is -0.212. The fourth-order valence-corrected chi connectivity index (χ4v) is 2.44. The Morgan fingerprint density at radius 3 is 3.00 bits per heavy atom. The number of carboxylic acids is 1. The number of piperidine rings is 1. The molecule has 2 amide bonds. The number of carboxylic acid groups (broad SMARTS) is 1. The zero-order chi connectivity index (χ0) is 14.5. The number of nitrogens with one attached hydrogen (secondary N) is 2. The maximum absolute atomic E-state index is 12.0. The molecule has 0 bridgehead atoms. The molecule has 0 radical (unpaired) electrons. The highest BCUT2D eigenvalue weighted by atomic mass is 16.4. The van der Waals surface area contributed by atoms with Crippen molar-refractivity contribution in [3.8, 4) is 0 Å². The maximum atomic E-state index is 12.0. The molecule has 1 fully saturated rings. The van der Waals surface area contributed by atoms with Crippen molar-refractivity contribution in [3.63, 3.8) is 0 Å². The van der Waals surface area contributed by atoms with Gasteiger partial charge >= 0.3 is 12.0 Å². The monoisotopic (exact) mass is 281 g/mol. The van der Waals surface area contributed by atoms with E-state index in [0.29, 0.717) is 32.4 Å². The second-order valence-corrected chi connectivity index (χ2v) is 5.02. The van der Waals surface area contributed by atoms with E-state index < -0.39 is 5.97 Å². The van der Waals surface area contributed by atoms with E-state index in [4.69, 9.17) is 5.11 Å². The number of H-pyrrole nitrogens is 1. The molecule has 2 heterocycles. The molecule has 1 aliphatic heterocycles. The van der Waals surface area contributed by atoms with Crippen LogP contribution in [0.2, 0.25) is 0 Å². The van der Waals surface area contributed by atoms with Crippen LogP contribution >= 0.6 is 0 Å². The van der Waals surface area contributed by atoms with Crippen molar-refractivity contribution in [1.82, 2.24) is 25.4 Å². The Balaban J connectivity index is 1.76. The summed E-state index contributed by atoms with van der Waals surface area (Å²) in [5, 5.41) is 18.3. The first-order chi connectivity index (χ1) is 9.58. The zero-order valence-electron chi connectivity index (χ0n) is 11.4. The molecule has 0 aromatic carbocycles. The number of carbonyl (C=O) groups is 2. The second kappa shape index (κ2) is 6.36. The molecule has 8 heteroatoms. The van der Waals surface area contributed by atoms with Gasteiger partial charge in [-0.1, -0.05) is 0 Å². The third-order valence-corrected chi connectivity index (χ3v) is 3.59. The molecule has 0 spiro atoms. The third-order valence-electron chi connectivity index (χ3n) is 3.59. The fraction of sp³-hybridized carbons (Fsp3) is 0.667. The number of aromatic amines is 1. The number of aliphatic carboxylic acids is 1. The lowest BCUT2D eigenvalue weighted by atomic mass is 9.92. The molecule has 2 unspecified atom stereocenters. The quantitative estimate of drug-likeness (QED) is 0.732. The van der Waals surface area contributed by atoms with Gasteiger partial charge in [0, 0.05) is 25.6 Å². The number of urea groups is 1. The van der Waals surface area contributed by atoms with Gasteiger partial charge in [-0.2, -0.15) is 5.10 Å². The van der Waals surface area contributed by atoms with Crippen LogP contribution < -0.4 is 5.32 Å². The summed E-state index contributed by atoms with van der Waals surface area (Å²) >= 11 is 0. The molecule has 2 rings (SSSR count). The second-order valence-electron chi connectivity index (χ2n) is 5.02. The molecule has 1 aliphatic rings. The van der Waals surface area contributed by atoms with E-state index in [1.54, 1.807) is 4.90 Å². The average Bonchev–Trinajstić information content (AvgIpc) is 2.91. The summed E-state index contributed by atoms with van der Waals surface area (Å²) in [6.07, 6.45) is 3.03. The van der Waals surface area contributed by atoms with E-state index in [0.717, 1.165) is 5.82 Å². The Bertz CT molecular complexity index is 462. The molecule has 1 aromatic rings. The molecule has 2 atom stereocenters. The summed E-state index contributed by atoms with van der Waals surface area (Å²) in [5.74, 6) is -0.395. The maximum Gasteiger partial charge on any atom is 0.317 e. The predicted octanol–water partition coefficient (Wildman–Crippen LogP) is 0.242. The minimum Gasteiger partial charge on any atom is -0.481 e. The van der Waals surface area contributed by atoms with Gasteiger partial charge in [-0.15, -0.1) is 0 Å². The van der Waals surface area contributed by atoms with E-state index in [1.807, 2.05) is 6.92 Å². The summed E-state index contributed by atoms with van der Waals surface area (Å²) in [4.78, 5) is 28.6. The Kier molecular flexibility index (Phi) is 4.54. The number of hydrogen-bond acceptors (Lipinski definition) is 4. The van der Waals surface area contributed by atoms with Crippen molar-refractivity contribution in [3.05, 3.63) is 12.2 Å². The van der Waals surface area contributed by atoms with E-state index in [1.165, 1.54) is 6.33 Å². The molecule has 0 aliphatic carbocycles. The van der Waals surface area contributed by atoms with Crippen LogP contribution in [0.15, 0.2) is 6.33 Å². The lowest BCUT2D eigenvalue weighted by Gasteiger charge is -2.36. The van der Waals surface area contributed by atoms with Crippen molar-refractivity contribution < 1.29 is 14.7 Å². The van der Waals surface area contributed by atoms with Gasteiger partial charge in [0.05, 0.1) is 5.92 Å². The van der Waals surface area contributed by atoms with Crippen LogP contribution in [0.1, 0.15) is 25.6 Å². The van der Waals surface area contributed by atoms with Gasteiger partial charge in [0.2, 0.25) is 0 Å². The van der Waals surface area contributed by atoms with E-state index in [2.05, 4.69) is 20.5 Å². The van der Waals surface area contributed by atoms with Crippen LogP contribution in [-0.4, -0.2) is 56.3 Å². The summed E-state index contributed by atoms with van der Waals surface area (Å²) in [7, 11) is 0. The third kappa shape index (κ3) is 3.46. The molecule has 110 valence electrons. The van der Waals surface area contributed by atoms with Gasteiger partial charge < -0.3 is 15.3 Å². The van der Waals surface area contributed by atoms with E-state index in [9.17, 15) is 9.59 Å². The highest BCUT2D eigenvalue weighted by molar-refractivity contribution is 5.75. The standard InChI is InChI=1S/C12H19N5O3/c1-8-6-9(11(18)19)3-5-17(8)12(20)13-4-2-10-14-7-15-16-10/h7-9H,2-6H2,1H3,(H,13,20)(H,18,19)(H,14,15,16). The number of aromatic nitrogens is 3. The molecular weight excluding hydrogens is 262 g/mol. The SMILES string of the molecule is CC1CC(C(=O)O)CCN1C(=O)NCCc1ncn[nH]1. The smallest absolute Gasteiger partial charge is 0.317 e. The van der Waals surface area contributed by atoms with Crippen LogP contribution in [0, 0.1) is 5.92 Å². The molecule has 3 N–H and O–H groups in total. The highest BCUT2D eigenvalue weighted by Gasteiger charge is 2.31. The van der Waals surface area contributed by atoms with E-state index >= 15 is 0 Å². The molecule has 20 heavy (non-hydrogen) atoms.